The van der Waals surface area contributed by atoms with Gasteiger partial charge in [-0.15, -0.1) is 0 Å². The second kappa shape index (κ2) is 7.07. The molecule has 6 nitrogen and oxygen atoms in total. The van der Waals surface area contributed by atoms with Crippen LogP contribution in [0.1, 0.15) is 40.4 Å². The van der Waals surface area contributed by atoms with Gasteiger partial charge in [0, 0.05) is 13.5 Å². The molecule has 0 bridgehead atoms. The van der Waals surface area contributed by atoms with Crippen molar-refractivity contribution in [2.24, 2.45) is 7.05 Å². The Morgan fingerprint density at radius 3 is 2.67 bits per heavy atom. The van der Waals surface area contributed by atoms with Gasteiger partial charge in [-0.1, -0.05) is 42.5 Å². The first-order valence-corrected chi connectivity index (χ1v) is 8.92. The van der Waals surface area contributed by atoms with Crippen molar-refractivity contribution in [1.29, 1.82) is 0 Å². The number of aryl methyl sites for hydroxylation is 1. The van der Waals surface area contributed by atoms with E-state index in [9.17, 15) is 4.79 Å². The van der Waals surface area contributed by atoms with Crippen molar-refractivity contribution in [3.8, 4) is 0 Å². The molecule has 4 aromatic rings. The van der Waals surface area contributed by atoms with Gasteiger partial charge in [0.15, 0.2) is 0 Å². The number of rotatable bonds is 5. The van der Waals surface area contributed by atoms with E-state index in [2.05, 4.69) is 20.4 Å². The van der Waals surface area contributed by atoms with Gasteiger partial charge in [-0.3, -0.25) is 9.48 Å². The minimum Gasteiger partial charge on any atom is -0.342 e. The molecule has 136 valence electrons. The molecule has 2 aromatic carbocycles. The predicted octanol–water partition coefficient (Wildman–Crippen LogP) is 3.38. The number of amides is 1. The number of imidazole rings is 1. The average Bonchev–Trinajstić information content (AvgIpc) is 3.27. The van der Waals surface area contributed by atoms with Crippen LogP contribution in [-0.4, -0.2) is 25.7 Å². The van der Waals surface area contributed by atoms with Crippen LogP contribution < -0.4 is 5.32 Å². The molecule has 0 aliphatic heterocycles. The monoisotopic (exact) mass is 359 g/mol. The van der Waals surface area contributed by atoms with E-state index >= 15 is 0 Å². The summed E-state index contributed by atoms with van der Waals surface area (Å²) < 4.78 is 1.76. The third kappa shape index (κ3) is 3.46. The second-order valence-electron chi connectivity index (χ2n) is 6.63. The van der Waals surface area contributed by atoms with Gasteiger partial charge in [0.1, 0.15) is 5.82 Å². The lowest BCUT2D eigenvalue weighted by molar-refractivity contribution is 0.0937. The minimum atomic E-state index is -0.241. The van der Waals surface area contributed by atoms with Crippen LogP contribution in [0.15, 0.2) is 60.8 Å². The van der Waals surface area contributed by atoms with Gasteiger partial charge in [0.05, 0.1) is 34.5 Å². The van der Waals surface area contributed by atoms with E-state index in [1.165, 1.54) is 0 Å². The number of aromatic nitrogens is 4. The van der Waals surface area contributed by atoms with Crippen LogP contribution in [0.4, 0.5) is 0 Å². The van der Waals surface area contributed by atoms with E-state index in [1.54, 1.807) is 10.9 Å². The van der Waals surface area contributed by atoms with Gasteiger partial charge in [-0.05, 0) is 24.6 Å². The molecule has 2 heterocycles. The van der Waals surface area contributed by atoms with Crippen molar-refractivity contribution in [2.75, 3.05) is 0 Å². The molecular formula is C21H21N5O. The number of hydrogen-bond donors (Lipinski definition) is 2. The zero-order valence-corrected chi connectivity index (χ0v) is 15.3. The molecule has 0 saturated carbocycles. The number of para-hydroxylation sites is 2. The Bertz CT molecular complexity index is 1050. The smallest absolute Gasteiger partial charge is 0.255 e. The summed E-state index contributed by atoms with van der Waals surface area (Å²) in [6, 6.07) is 17.6. The Morgan fingerprint density at radius 2 is 1.89 bits per heavy atom. The molecule has 0 unspecified atom stereocenters. The third-order valence-electron chi connectivity index (χ3n) is 4.69. The lowest BCUT2D eigenvalue weighted by Crippen LogP contribution is -2.28. The van der Waals surface area contributed by atoms with Gasteiger partial charge in [0.2, 0.25) is 0 Å². The topological polar surface area (TPSA) is 75.6 Å². The Labute approximate surface area is 157 Å². The van der Waals surface area contributed by atoms with Crippen LogP contribution in [0.5, 0.6) is 0 Å². The van der Waals surface area contributed by atoms with E-state index in [-0.39, 0.29) is 11.9 Å². The van der Waals surface area contributed by atoms with Crippen LogP contribution in [0, 0.1) is 0 Å². The molecule has 4 rings (SSSR count). The number of benzene rings is 2. The van der Waals surface area contributed by atoms with Crippen LogP contribution in [0.25, 0.3) is 11.0 Å². The van der Waals surface area contributed by atoms with Gasteiger partial charge < -0.3 is 10.3 Å². The van der Waals surface area contributed by atoms with Crippen molar-refractivity contribution >= 4 is 16.9 Å². The highest BCUT2D eigenvalue weighted by atomic mass is 16.1. The normalized spacial score (nSPS) is 12.2. The van der Waals surface area contributed by atoms with E-state index in [1.807, 2.05) is 68.6 Å². The molecule has 27 heavy (non-hydrogen) atoms. The number of nitrogens with one attached hydrogen (secondary N) is 2. The number of aromatic amines is 1. The first-order valence-electron chi connectivity index (χ1n) is 8.92. The molecule has 2 N–H and O–H groups in total. The first-order chi connectivity index (χ1) is 13.1. The molecule has 0 radical (unpaired) electrons. The molecule has 6 heteroatoms. The van der Waals surface area contributed by atoms with Crippen molar-refractivity contribution < 1.29 is 4.79 Å². The van der Waals surface area contributed by atoms with E-state index < -0.39 is 0 Å². The summed E-state index contributed by atoms with van der Waals surface area (Å²) in [5.74, 6) is 0.583. The number of H-pyrrole nitrogens is 1. The molecular weight excluding hydrogens is 338 g/mol. The lowest BCUT2D eigenvalue weighted by Gasteiger charge is -2.12. The maximum absolute atomic E-state index is 12.9. The number of nitrogens with zero attached hydrogens (tertiary/aromatic N) is 3. The maximum Gasteiger partial charge on any atom is 0.255 e. The summed E-state index contributed by atoms with van der Waals surface area (Å²) in [4.78, 5) is 20.7. The Kier molecular flexibility index (Phi) is 4.46. The lowest BCUT2D eigenvalue weighted by atomic mass is 10.1. The van der Waals surface area contributed by atoms with Crippen LogP contribution in [0.2, 0.25) is 0 Å². The van der Waals surface area contributed by atoms with Crippen molar-refractivity contribution in [2.45, 2.75) is 19.4 Å². The Balaban J connectivity index is 1.54. The summed E-state index contributed by atoms with van der Waals surface area (Å²) >= 11 is 0. The van der Waals surface area contributed by atoms with Gasteiger partial charge in [-0.25, -0.2) is 4.98 Å². The first kappa shape index (κ1) is 17.0. The molecule has 1 amide bonds. The minimum absolute atomic E-state index is 0.151. The van der Waals surface area contributed by atoms with Crippen molar-refractivity contribution in [3.05, 3.63) is 83.4 Å². The highest BCUT2D eigenvalue weighted by Crippen LogP contribution is 2.18. The standard InChI is InChI=1S/C21H21N5O/c1-14(20-24-17-10-6-7-11-18(17)25-20)23-21(27)16-13-22-26(2)19(16)12-15-8-4-3-5-9-15/h3-11,13-14H,12H2,1-2H3,(H,23,27)(H,24,25)/t14-/m0/s1. The fourth-order valence-electron chi connectivity index (χ4n) is 3.17. The van der Waals surface area contributed by atoms with Crippen molar-refractivity contribution in [1.82, 2.24) is 25.1 Å². The summed E-state index contributed by atoms with van der Waals surface area (Å²) in [7, 11) is 1.86. The number of carbonyl (C=O) groups excluding carboxylic acids is 1. The van der Waals surface area contributed by atoms with E-state index in [0.717, 1.165) is 28.1 Å². The molecule has 0 spiro atoms. The summed E-state index contributed by atoms with van der Waals surface area (Å²) in [5, 5.41) is 7.31. The third-order valence-corrected chi connectivity index (χ3v) is 4.69. The summed E-state index contributed by atoms with van der Waals surface area (Å²) in [6.07, 6.45) is 2.28. The molecule has 0 fully saturated rings. The van der Waals surface area contributed by atoms with Gasteiger partial charge >= 0.3 is 0 Å². The molecule has 2 aromatic heterocycles. The van der Waals surface area contributed by atoms with E-state index in [0.29, 0.717) is 12.0 Å². The quantitative estimate of drug-likeness (QED) is 0.574. The second-order valence-corrected chi connectivity index (χ2v) is 6.63. The van der Waals surface area contributed by atoms with Crippen LogP contribution in [0.3, 0.4) is 0 Å². The summed E-state index contributed by atoms with van der Waals surface area (Å²) in [5.41, 5.74) is 4.46. The molecule has 0 aliphatic carbocycles. The largest absolute Gasteiger partial charge is 0.342 e. The fraction of sp³-hybridized carbons (Fsp3) is 0.190. The molecule has 0 saturated heterocycles. The number of carbonyl (C=O) groups is 1. The SMILES string of the molecule is C[C@H](NC(=O)c1cnn(C)c1Cc1ccccc1)c1nc2ccccc2[nH]1. The van der Waals surface area contributed by atoms with E-state index in [4.69, 9.17) is 0 Å². The Morgan fingerprint density at radius 1 is 1.15 bits per heavy atom. The van der Waals surface area contributed by atoms with Crippen LogP contribution >= 0.6 is 0 Å². The van der Waals surface area contributed by atoms with Crippen LogP contribution in [-0.2, 0) is 13.5 Å². The van der Waals surface area contributed by atoms with Crippen molar-refractivity contribution in [3.63, 3.8) is 0 Å². The molecule has 1 atom stereocenters. The fourth-order valence-corrected chi connectivity index (χ4v) is 3.17. The average molecular weight is 359 g/mol. The number of fused-ring (bicyclic) bond motifs is 1. The zero-order chi connectivity index (χ0) is 18.8. The zero-order valence-electron chi connectivity index (χ0n) is 15.3. The Hall–Kier alpha value is -3.41. The maximum atomic E-state index is 12.9. The number of hydrogen-bond acceptors (Lipinski definition) is 3. The molecule has 0 aliphatic rings. The van der Waals surface area contributed by atoms with Gasteiger partial charge in [0.25, 0.3) is 5.91 Å². The summed E-state index contributed by atoms with van der Waals surface area (Å²) in [6.45, 7) is 1.92. The predicted molar refractivity (Wildman–Crippen MR) is 104 cm³/mol. The highest BCUT2D eigenvalue weighted by Gasteiger charge is 2.20. The van der Waals surface area contributed by atoms with Gasteiger partial charge in [-0.2, -0.15) is 5.10 Å². The highest BCUT2D eigenvalue weighted by molar-refractivity contribution is 5.95.